The number of amides is 2. The Morgan fingerprint density at radius 2 is 1.77 bits per heavy atom. The Morgan fingerprint density at radius 1 is 1.02 bits per heavy atom. The van der Waals surface area contributed by atoms with Crippen LogP contribution in [-0.4, -0.2) is 103 Å². The lowest BCUT2D eigenvalue weighted by atomic mass is 10.0. The molecule has 5 aromatic rings. The summed E-state index contributed by atoms with van der Waals surface area (Å²) in [5, 5.41) is 35.2. The number of carbonyl (C=O) groups is 2. The third kappa shape index (κ3) is 8.08. The van der Waals surface area contributed by atoms with Crippen molar-refractivity contribution >= 4 is 39.7 Å². The van der Waals surface area contributed by atoms with Gasteiger partial charge >= 0.3 is 0 Å². The van der Waals surface area contributed by atoms with Crippen molar-refractivity contribution < 1.29 is 19.8 Å². The van der Waals surface area contributed by atoms with E-state index in [1.165, 1.54) is 9.91 Å². The molecule has 8 rings (SSSR count). The summed E-state index contributed by atoms with van der Waals surface area (Å²) in [5.41, 5.74) is 14.5. The number of nitrogens with two attached hydrogens (primary N) is 2. The number of nitrogens with zero attached hydrogens (tertiary/aromatic N) is 7. The molecule has 15 heteroatoms. The molecule has 14 nitrogen and oxygen atoms in total. The van der Waals surface area contributed by atoms with Crippen LogP contribution in [0.25, 0.3) is 32.6 Å². The average Bonchev–Trinajstić information content (AvgIpc) is 3.82. The number of aliphatic hydroxyl groups is 1. The minimum Gasteiger partial charge on any atom is -0.507 e. The number of phenolic OH excluding ortho intramolecular Hbond substituents is 1. The number of anilines is 1. The summed E-state index contributed by atoms with van der Waals surface area (Å²) >= 11 is 1.59. The molecule has 296 valence electrons. The summed E-state index contributed by atoms with van der Waals surface area (Å²) in [6, 6.07) is 21.3. The molecule has 2 aromatic heterocycles. The molecule has 0 spiro atoms. The van der Waals surface area contributed by atoms with Crippen LogP contribution >= 0.6 is 11.3 Å². The highest BCUT2D eigenvalue weighted by atomic mass is 32.1. The lowest BCUT2D eigenvalue weighted by molar-refractivity contribution is -0.143. The number of aryl methyl sites for hydroxylation is 1. The van der Waals surface area contributed by atoms with Crippen LogP contribution in [0.1, 0.15) is 43.5 Å². The molecule has 2 aliphatic heterocycles. The molecule has 4 heterocycles. The Balaban J connectivity index is 0.888. The molecule has 1 aliphatic carbocycles. The van der Waals surface area contributed by atoms with E-state index >= 15 is 0 Å². The first-order chi connectivity index (χ1) is 27.5. The molecule has 0 bridgehead atoms. The maximum absolute atomic E-state index is 14.2. The van der Waals surface area contributed by atoms with Crippen molar-refractivity contribution in [2.24, 2.45) is 17.5 Å². The summed E-state index contributed by atoms with van der Waals surface area (Å²) < 4.78 is 0. The first kappa shape index (κ1) is 38.1. The highest BCUT2D eigenvalue weighted by Crippen LogP contribution is 2.37. The van der Waals surface area contributed by atoms with E-state index < -0.39 is 18.2 Å². The Morgan fingerprint density at radius 3 is 2.47 bits per heavy atom. The minimum absolute atomic E-state index is 0.0231. The van der Waals surface area contributed by atoms with E-state index in [4.69, 9.17) is 11.6 Å². The second-order valence-electron chi connectivity index (χ2n) is 15.3. The van der Waals surface area contributed by atoms with Crippen molar-refractivity contribution in [1.82, 2.24) is 35.3 Å². The average molecular weight is 789 g/mol. The van der Waals surface area contributed by atoms with Gasteiger partial charge < -0.3 is 41.0 Å². The van der Waals surface area contributed by atoms with Gasteiger partial charge in [-0.1, -0.05) is 42.5 Å². The number of benzene rings is 3. The number of aromatic nitrogens is 3. The standard InChI is InChI=1S/C42H48N10O4S/c1-25(27-7-11-29(12-8-27)40-26(2)45-24-57-40)46-41(55)36-21-32(53)22-51(36)42(56)39(28-9-10-28)52(44)23-38(43)50-17-15-49(16-18-50)31-14-13-30-19-35(48-47-34(30)20-31)33-5-3-4-6-37(33)54/h3-8,11-14,19-20,23-25,28,32,36,39,53-54H,9-10,15-18,21-22,43-44H2,1-2H3,(H,46,55)/b38-23+/t25-,32+,36-,39?/m0/s1. The number of hydrazine groups is 1. The quantitative estimate of drug-likeness (QED) is 0.0953. The van der Waals surface area contributed by atoms with E-state index in [0.717, 1.165) is 51.1 Å². The molecule has 0 radical (unpaired) electrons. The molecule has 3 aromatic carbocycles. The van der Waals surface area contributed by atoms with Gasteiger partial charge in [0.15, 0.2) is 0 Å². The third-order valence-corrected chi connectivity index (χ3v) is 12.3. The predicted octanol–water partition coefficient (Wildman–Crippen LogP) is 4.11. The lowest BCUT2D eigenvalue weighted by Crippen LogP contribution is -2.55. The largest absolute Gasteiger partial charge is 0.507 e. The normalized spacial score (nSPS) is 19.8. The Labute approximate surface area is 335 Å². The van der Waals surface area contributed by atoms with Crippen LogP contribution in [0.15, 0.2) is 90.3 Å². The van der Waals surface area contributed by atoms with E-state index in [0.29, 0.717) is 43.3 Å². The Bertz CT molecular complexity index is 2290. The van der Waals surface area contributed by atoms with E-state index in [1.807, 2.05) is 78.9 Å². The van der Waals surface area contributed by atoms with E-state index in [1.54, 1.807) is 29.7 Å². The number of carbonyl (C=O) groups excluding carboxylic acids is 2. The van der Waals surface area contributed by atoms with Crippen molar-refractivity contribution in [3.05, 3.63) is 102 Å². The number of piperazine rings is 1. The molecular weight excluding hydrogens is 741 g/mol. The second kappa shape index (κ2) is 16.0. The molecule has 2 saturated heterocycles. The van der Waals surface area contributed by atoms with Gasteiger partial charge in [-0.25, -0.2) is 10.8 Å². The van der Waals surface area contributed by atoms with Crippen LogP contribution < -0.4 is 21.8 Å². The highest BCUT2D eigenvalue weighted by Gasteiger charge is 2.47. The van der Waals surface area contributed by atoms with Crippen LogP contribution in [0, 0.1) is 12.8 Å². The molecule has 1 unspecified atom stereocenters. The number of hydrogen-bond donors (Lipinski definition) is 5. The highest BCUT2D eigenvalue weighted by molar-refractivity contribution is 7.13. The monoisotopic (exact) mass is 788 g/mol. The van der Waals surface area contributed by atoms with Gasteiger partial charge in [0, 0.05) is 55.8 Å². The van der Waals surface area contributed by atoms with Gasteiger partial charge in [0.25, 0.3) is 0 Å². The van der Waals surface area contributed by atoms with Gasteiger partial charge in [0.05, 0.1) is 45.6 Å². The zero-order valence-corrected chi connectivity index (χ0v) is 32.8. The fraction of sp³-hybridized carbons (Fsp3) is 0.357. The number of fused-ring (bicyclic) bond motifs is 1. The Kier molecular flexibility index (Phi) is 10.7. The van der Waals surface area contributed by atoms with E-state index in [2.05, 4.69) is 31.5 Å². The number of aliphatic hydroxyl groups excluding tert-OH is 1. The van der Waals surface area contributed by atoms with Crippen LogP contribution in [0.2, 0.25) is 0 Å². The molecule has 57 heavy (non-hydrogen) atoms. The topological polar surface area (TPSA) is 190 Å². The van der Waals surface area contributed by atoms with Crippen LogP contribution in [-0.2, 0) is 9.59 Å². The van der Waals surface area contributed by atoms with Crippen LogP contribution in [0.3, 0.4) is 0 Å². The maximum atomic E-state index is 14.2. The Hall–Kier alpha value is -5.77. The van der Waals surface area contributed by atoms with Crippen molar-refractivity contribution in [1.29, 1.82) is 0 Å². The number of aromatic hydroxyl groups is 1. The van der Waals surface area contributed by atoms with Gasteiger partial charge in [-0.15, -0.1) is 21.5 Å². The lowest BCUT2D eigenvalue weighted by Gasteiger charge is -2.38. The zero-order chi connectivity index (χ0) is 39.8. The van der Waals surface area contributed by atoms with Crippen molar-refractivity contribution in [2.45, 2.75) is 57.3 Å². The smallest absolute Gasteiger partial charge is 0.247 e. The number of hydrogen-bond acceptors (Lipinski definition) is 13. The number of likely N-dealkylation sites (tertiary alicyclic amines) is 1. The van der Waals surface area contributed by atoms with Crippen LogP contribution in [0.5, 0.6) is 5.75 Å². The predicted molar refractivity (Wildman–Crippen MR) is 220 cm³/mol. The minimum atomic E-state index is -0.821. The summed E-state index contributed by atoms with van der Waals surface area (Å²) in [7, 11) is 0. The molecule has 4 atom stereocenters. The number of nitrogens with one attached hydrogen (secondary N) is 1. The first-order valence-electron chi connectivity index (χ1n) is 19.4. The van der Waals surface area contributed by atoms with Crippen molar-refractivity contribution in [2.75, 3.05) is 37.6 Å². The number of thiazole rings is 1. The van der Waals surface area contributed by atoms with Crippen LogP contribution in [0.4, 0.5) is 5.69 Å². The number of β-amino-alcohol motifs (C(OH)–C–C–N with tert-alkyl or cyclic N) is 1. The molecule has 1 saturated carbocycles. The number of rotatable bonds is 11. The fourth-order valence-corrected chi connectivity index (χ4v) is 8.75. The summed E-state index contributed by atoms with van der Waals surface area (Å²) in [5.74, 6) is 6.68. The summed E-state index contributed by atoms with van der Waals surface area (Å²) in [6.45, 7) is 6.64. The maximum Gasteiger partial charge on any atom is 0.247 e. The van der Waals surface area contributed by atoms with Crippen molar-refractivity contribution in [3.8, 4) is 27.4 Å². The molecule has 7 N–H and O–H groups in total. The van der Waals surface area contributed by atoms with E-state index in [9.17, 15) is 19.8 Å². The first-order valence-corrected chi connectivity index (χ1v) is 20.3. The van der Waals surface area contributed by atoms with Gasteiger partial charge in [0.1, 0.15) is 23.7 Å². The van der Waals surface area contributed by atoms with Gasteiger partial charge in [-0.2, -0.15) is 0 Å². The zero-order valence-electron chi connectivity index (χ0n) is 32.0. The molecular formula is C42H48N10O4S. The van der Waals surface area contributed by atoms with Gasteiger partial charge in [-0.05, 0) is 74.1 Å². The number of para-hydroxylation sites is 1. The molecule has 3 aliphatic rings. The number of phenols is 1. The van der Waals surface area contributed by atoms with E-state index in [-0.39, 0.29) is 42.5 Å². The fourth-order valence-electron chi connectivity index (χ4n) is 7.94. The SMILES string of the molecule is Cc1ncsc1-c1ccc([C@H](C)NC(=O)[C@@H]2C[C@@H](O)CN2C(=O)C(C2CC2)N(N)/C=C(\N)N2CCN(c3ccc4cc(-c5ccccc5O)nnc4c3)CC2)cc1. The summed E-state index contributed by atoms with van der Waals surface area (Å²) in [6.07, 6.45) is 2.64. The molecule has 3 fully saturated rings. The second-order valence-corrected chi connectivity index (χ2v) is 16.1. The summed E-state index contributed by atoms with van der Waals surface area (Å²) in [4.78, 5) is 39.2. The van der Waals surface area contributed by atoms with Gasteiger partial charge in [0.2, 0.25) is 11.8 Å². The van der Waals surface area contributed by atoms with Crippen molar-refractivity contribution in [3.63, 3.8) is 0 Å². The third-order valence-electron chi connectivity index (χ3n) is 11.3. The van der Waals surface area contributed by atoms with Gasteiger partial charge in [-0.3, -0.25) is 9.59 Å². The molecule has 2 amide bonds.